The molecule has 1 aromatic carbocycles. The largest absolute Gasteiger partial charge is 0.493 e. The van der Waals surface area contributed by atoms with E-state index in [0.717, 1.165) is 6.42 Å². The van der Waals surface area contributed by atoms with Crippen molar-refractivity contribution in [3.05, 3.63) is 29.6 Å². The molecule has 1 rings (SSSR count). The normalized spacial score (nSPS) is 9.84. The summed E-state index contributed by atoms with van der Waals surface area (Å²) >= 11 is 0. The summed E-state index contributed by atoms with van der Waals surface area (Å²) in [4.78, 5) is 0. The fraction of sp³-hybridized carbons (Fsp3) is 0.467. The summed E-state index contributed by atoms with van der Waals surface area (Å²) < 4.78 is 24.2. The quantitative estimate of drug-likeness (QED) is 0.608. The zero-order valence-electron chi connectivity index (χ0n) is 11.1. The van der Waals surface area contributed by atoms with Gasteiger partial charge in [0.2, 0.25) is 0 Å². The molecule has 0 aliphatic heterocycles. The number of aliphatic hydroxyl groups is 1. The molecule has 0 bridgehead atoms. The number of aliphatic hydroxyl groups excluding tert-OH is 1. The SMILES string of the molecule is CCOCCCOc1ccc(C#CCCO)c(F)c1. The van der Waals surface area contributed by atoms with Gasteiger partial charge in [0.15, 0.2) is 0 Å². The van der Waals surface area contributed by atoms with Gasteiger partial charge in [-0.15, -0.1) is 0 Å². The van der Waals surface area contributed by atoms with E-state index in [-0.39, 0.29) is 6.61 Å². The average Bonchev–Trinajstić information content (AvgIpc) is 2.41. The maximum Gasteiger partial charge on any atom is 0.142 e. The lowest BCUT2D eigenvalue weighted by Crippen LogP contribution is -2.03. The standard InChI is InChI=1S/C15H19FO3/c1-2-18-10-5-11-19-14-8-7-13(15(16)12-14)6-3-4-9-17/h7-8,12,17H,2,4-5,9-11H2,1H3. The smallest absolute Gasteiger partial charge is 0.142 e. The molecule has 1 aromatic rings. The molecule has 0 saturated heterocycles. The van der Waals surface area contributed by atoms with Gasteiger partial charge in [-0.1, -0.05) is 11.8 Å². The van der Waals surface area contributed by atoms with Gasteiger partial charge < -0.3 is 14.6 Å². The van der Waals surface area contributed by atoms with Gasteiger partial charge in [-0.2, -0.15) is 0 Å². The van der Waals surface area contributed by atoms with E-state index < -0.39 is 5.82 Å². The predicted molar refractivity (Wildman–Crippen MR) is 71.6 cm³/mol. The Morgan fingerprint density at radius 1 is 1.32 bits per heavy atom. The lowest BCUT2D eigenvalue weighted by atomic mass is 10.2. The predicted octanol–water partition coefficient (Wildman–Crippen LogP) is 2.37. The van der Waals surface area contributed by atoms with Crippen molar-refractivity contribution >= 4 is 0 Å². The molecule has 0 aliphatic rings. The van der Waals surface area contributed by atoms with Crippen molar-refractivity contribution in [1.29, 1.82) is 0 Å². The van der Waals surface area contributed by atoms with Gasteiger partial charge in [-0.05, 0) is 19.1 Å². The first kappa shape index (κ1) is 15.5. The second kappa shape index (κ2) is 9.37. The van der Waals surface area contributed by atoms with Crippen molar-refractivity contribution in [2.75, 3.05) is 26.4 Å². The Hall–Kier alpha value is -1.57. The third kappa shape index (κ3) is 6.23. The first-order chi connectivity index (χ1) is 9.27. The van der Waals surface area contributed by atoms with Gasteiger partial charge in [0.1, 0.15) is 11.6 Å². The zero-order valence-corrected chi connectivity index (χ0v) is 11.1. The minimum Gasteiger partial charge on any atom is -0.493 e. The summed E-state index contributed by atoms with van der Waals surface area (Å²) in [6, 6.07) is 4.59. The van der Waals surface area contributed by atoms with Gasteiger partial charge in [0.25, 0.3) is 0 Å². The molecule has 19 heavy (non-hydrogen) atoms. The van der Waals surface area contributed by atoms with Crippen LogP contribution in [0, 0.1) is 17.7 Å². The first-order valence-corrected chi connectivity index (χ1v) is 6.37. The molecule has 0 aromatic heterocycles. The molecule has 0 aliphatic carbocycles. The van der Waals surface area contributed by atoms with Crippen LogP contribution in [0.25, 0.3) is 0 Å². The number of benzene rings is 1. The highest BCUT2D eigenvalue weighted by molar-refractivity contribution is 5.39. The number of hydrogen-bond acceptors (Lipinski definition) is 3. The van der Waals surface area contributed by atoms with Crippen LogP contribution in [0.2, 0.25) is 0 Å². The van der Waals surface area contributed by atoms with Crippen molar-refractivity contribution < 1.29 is 19.0 Å². The molecular weight excluding hydrogens is 247 g/mol. The third-order valence-electron chi connectivity index (χ3n) is 2.31. The lowest BCUT2D eigenvalue weighted by Gasteiger charge is -2.06. The highest BCUT2D eigenvalue weighted by atomic mass is 19.1. The summed E-state index contributed by atoms with van der Waals surface area (Å²) in [5, 5.41) is 8.59. The van der Waals surface area contributed by atoms with Crippen molar-refractivity contribution in [3.8, 4) is 17.6 Å². The van der Waals surface area contributed by atoms with Crippen molar-refractivity contribution in [1.82, 2.24) is 0 Å². The summed E-state index contributed by atoms with van der Waals surface area (Å²) in [6.45, 7) is 3.75. The minimum atomic E-state index is -0.409. The average molecular weight is 266 g/mol. The van der Waals surface area contributed by atoms with E-state index in [1.165, 1.54) is 6.07 Å². The van der Waals surface area contributed by atoms with Crippen LogP contribution >= 0.6 is 0 Å². The molecule has 0 spiro atoms. The number of hydrogen-bond donors (Lipinski definition) is 1. The molecular formula is C15H19FO3. The molecule has 0 amide bonds. The van der Waals surface area contributed by atoms with Crippen molar-refractivity contribution in [2.24, 2.45) is 0 Å². The zero-order chi connectivity index (χ0) is 13.9. The topological polar surface area (TPSA) is 38.7 Å². The monoisotopic (exact) mass is 266 g/mol. The van der Waals surface area contributed by atoms with Crippen molar-refractivity contribution in [2.45, 2.75) is 19.8 Å². The molecule has 0 radical (unpaired) electrons. The van der Waals surface area contributed by atoms with E-state index in [2.05, 4.69) is 11.8 Å². The van der Waals surface area contributed by atoms with E-state index in [1.54, 1.807) is 12.1 Å². The number of ether oxygens (including phenoxy) is 2. The summed E-state index contributed by atoms with van der Waals surface area (Å²) in [6.07, 6.45) is 1.11. The molecule has 0 fully saturated rings. The van der Waals surface area contributed by atoms with E-state index >= 15 is 0 Å². The molecule has 0 unspecified atom stereocenters. The molecule has 0 saturated carbocycles. The van der Waals surface area contributed by atoms with Crippen LogP contribution in [-0.2, 0) is 4.74 Å². The van der Waals surface area contributed by atoms with Crippen LogP contribution in [-0.4, -0.2) is 31.5 Å². The van der Waals surface area contributed by atoms with E-state index in [4.69, 9.17) is 14.6 Å². The van der Waals surface area contributed by atoms with Gasteiger partial charge >= 0.3 is 0 Å². The van der Waals surface area contributed by atoms with Crippen LogP contribution < -0.4 is 4.74 Å². The number of rotatable bonds is 7. The molecule has 4 heteroatoms. The van der Waals surface area contributed by atoms with Gasteiger partial charge in [-0.25, -0.2) is 4.39 Å². The first-order valence-electron chi connectivity index (χ1n) is 6.37. The molecule has 104 valence electrons. The highest BCUT2D eigenvalue weighted by Gasteiger charge is 2.02. The molecule has 3 nitrogen and oxygen atoms in total. The summed E-state index contributed by atoms with van der Waals surface area (Å²) in [5.41, 5.74) is 0.315. The second-order valence-corrected chi connectivity index (χ2v) is 3.82. The van der Waals surface area contributed by atoms with Crippen molar-refractivity contribution in [3.63, 3.8) is 0 Å². The van der Waals surface area contributed by atoms with Crippen LogP contribution in [0.5, 0.6) is 5.75 Å². The second-order valence-electron chi connectivity index (χ2n) is 3.82. The maximum atomic E-state index is 13.6. The maximum absolute atomic E-state index is 13.6. The van der Waals surface area contributed by atoms with Gasteiger partial charge in [0.05, 0.1) is 18.8 Å². The van der Waals surface area contributed by atoms with Gasteiger partial charge in [-0.3, -0.25) is 0 Å². The van der Waals surface area contributed by atoms with E-state index in [1.807, 2.05) is 6.92 Å². The van der Waals surface area contributed by atoms with Crippen LogP contribution in [0.15, 0.2) is 18.2 Å². The fourth-order valence-electron chi connectivity index (χ4n) is 1.40. The van der Waals surface area contributed by atoms with E-state index in [9.17, 15) is 4.39 Å². The van der Waals surface area contributed by atoms with Crippen LogP contribution in [0.1, 0.15) is 25.3 Å². The Morgan fingerprint density at radius 3 is 2.84 bits per heavy atom. The Morgan fingerprint density at radius 2 is 2.16 bits per heavy atom. The highest BCUT2D eigenvalue weighted by Crippen LogP contribution is 2.16. The molecule has 0 atom stereocenters. The van der Waals surface area contributed by atoms with E-state index in [0.29, 0.717) is 37.6 Å². The van der Waals surface area contributed by atoms with Crippen LogP contribution in [0.3, 0.4) is 0 Å². The van der Waals surface area contributed by atoms with Gasteiger partial charge in [0, 0.05) is 32.1 Å². The third-order valence-corrected chi connectivity index (χ3v) is 2.31. The summed E-state index contributed by atoms with van der Waals surface area (Å²) in [7, 11) is 0. The fourth-order valence-corrected chi connectivity index (χ4v) is 1.40. The molecule has 0 heterocycles. The lowest BCUT2D eigenvalue weighted by molar-refractivity contribution is 0.131. The molecule has 1 N–H and O–H groups in total. The number of halogens is 1. The van der Waals surface area contributed by atoms with Crippen LogP contribution in [0.4, 0.5) is 4.39 Å². The Labute approximate surface area is 113 Å². The Kier molecular flexibility index (Phi) is 7.64. The minimum absolute atomic E-state index is 0.0182. The summed E-state index contributed by atoms with van der Waals surface area (Å²) in [5.74, 6) is 5.42. The Bertz CT molecular complexity index is 435. The Balaban J connectivity index is 2.46.